The van der Waals surface area contributed by atoms with E-state index in [1.54, 1.807) is 16.7 Å². The van der Waals surface area contributed by atoms with Gasteiger partial charge in [0.2, 0.25) is 5.88 Å². The molecule has 5 heteroatoms. The van der Waals surface area contributed by atoms with Gasteiger partial charge in [-0.3, -0.25) is 13.9 Å². The van der Waals surface area contributed by atoms with Crippen molar-refractivity contribution in [2.45, 2.75) is 26.9 Å². The molecule has 2 rings (SSSR count). The molecule has 0 aliphatic rings. The first-order chi connectivity index (χ1) is 9.11. The van der Waals surface area contributed by atoms with Crippen molar-refractivity contribution in [3.05, 3.63) is 45.5 Å². The molecule has 0 aliphatic heterocycles. The molecular weight excluding hydrogens is 260 g/mol. The zero-order valence-corrected chi connectivity index (χ0v) is 11.8. The fourth-order valence-electron chi connectivity index (χ4n) is 2.11. The molecule has 0 amide bonds. The van der Waals surface area contributed by atoms with E-state index < -0.39 is 0 Å². The Kier molecular flexibility index (Phi) is 3.85. The maximum atomic E-state index is 12.4. The fraction of sp³-hybridized carbons (Fsp3) is 0.286. The molecule has 0 radical (unpaired) electrons. The number of hydrogen-bond donors (Lipinski definition) is 1. The molecule has 0 bridgehead atoms. The Hall–Kier alpha value is -1.88. The lowest BCUT2D eigenvalue weighted by Gasteiger charge is -2.15. The highest BCUT2D eigenvalue weighted by atomic mass is 32.1. The van der Waals surface area contributed by atoms with Gasteiger partial charge in [-0.1, -0.05) is 30.3 Å². The Bertz CT molecular complexity index is 702. The van der Waals surface area contributed by atoms with Crippen LogP contribution in [0, 0.1) is 4.77 Å². The van der Waals surface area contributed by atoms with Gasteiger partial charge in [0.25, 0.3) is 5.56 Å². The first kappa shape index (κ1) is 13.5. The first-order valence-electron chi connectivity index (χ1n) is 6.23. The highest BCUT2D eigenvalue weighted by Gasteiger charge is 2.16. The van der Waals surface area contributed by atoms with Crippen LogP contribution in [0.3, 0.4) is 0 Å². The number of aromatic nitrogens is 2. The molecule has 0 fully saturated rings. The minimum Gasteiger partial charge on any atom is -0.494 e. The Labute approximate surface area is 116 Å². The number of rotatable bonds is 3. The maximum absolute atomic E-state index is 12.4. The molecule has 19 heavy (non-hydrogen) atoms. The standard InChI is InChI=1S/C14H16N2O2S/c1-3-15-12(17)11(10-8-6-5-7-9-10)13(18)16(4-2)14(15)19/h5-9,17H,3-4H2,1-2H3. The summed E-state index contributed by atoms with van der Waals surface area (Å²) in [7, 11) is 0. The van der Waals surface area contributed by atoms with E-state index in [4.69, 9.17) is 12.2 Å². The lowest BCUT2D eigenvalue weighted by atomic mass is 10.1. The molecule has 0 spiro atoms. The van der Waals surface area contributed by atoms with Gasteiger partial charge in [-0.05, 0) is 31.6 Å². The van der Waals surface area contributed by atoms with Crippen molar-refractivity contribution in [1.82, 2.24) is 9.13 Å². The minimum atomic E-state index is -0.249. The molecule has 1 N–H and O–H groups in total. The van der Waals surface area contributed by atoms with Gasteiger partial charge >= 0.3 is 0 Å². The van der Waals surface area contributed by atoms with Crippen LogP contribution in [0.1, 0.15) is 13.8 Å². The third-order valence-electron chi connectivity index (χ3n) is 3.10. The van der Waals surface area contributed by atoms with Crippen molar-refractivity contribution in [2.24, 2.45) is 0 Å². The van der Waals surface area contributed by atoms with Gasteiger partial charge in [-0.15, -0.1) is 0 Å². The van der Waals surface area contributed by atoms with Crippen molar-refractivity contribution in [3.8, 4) is 17.0 Å². The molecule has 0 saturated carbocycles. The zero-order chi connectivity index (χ0) is 14.0. The number of aromatic hydroxyl groups is 1. The second kappa shape index (κ2) is 5.40. The largest absolute Gasteiger partial charge is 0.494 e. The summed E-state index contributed by atoms with van der Waals surface area (Å²) in [5, 5.41) is 10.3. The molecule has 0 atom stereocenters. The lowest BCUT2D eigenvalue weighted by molar-refractivity contribution is 0.403. The number of benzene rings is 1. The summed E-state index contributed by atoms with van der Waals surface area (Å²) in [6, 6.07) is 9.15. The van der Waals surface area contributed by atoms with E-state index in [2.05, 4.69) is 0 Å². The van der Waals surface area contributed by atoms with Crippen LogP contribution in [0.15, 0.2) is 35.1 Å². The van der Waals surface area contributed by atoms with Gasteiger partial charge in [0.1, 0.15) is 5.56 Å². The smallest absolute Gasteiger partial charge is 0.266 e. The van der Waals surface area contributed by atoms with Crippen molar-refractivity contribution >= 4 is 12.2 Å². The Morgan fingerprint density at radius 1 is 1.11 bits per heavy atom. The van der Waals surface area contributed by atoms with E-state index in [-0.39, 0.29) is 11.4 Å². The number of nitrogens with zero attached hydrogens (tertiary/aromatic N) is 2. The van der Waals surface area contributed by atoms with Gasteiger partial charge in [0, 0.05) is 13.1 Å². The molecule has 100 valence electrons. The molecule has 0 aliphatic carbocycles. The first-order valence-corrected chi connectivity index (χ1v) is 6.64. The molecule has 0 saturated heterocycles. The molecule has 4 nitrogen and oxygen atoms in total. The topological polar surface area (TPSA) is 47.2 Å². The van der Waals surface area contributed by atoms with Crippen LogP contribution in [-0.4, -0.2) is 14.2 Å². The molecule has 1 aromatic carbocycles. The summed E-state index contributed by atoms with van der Waals surface area (Å²) in [5.74, 6) is -0.0617. The van der Waals surface area contributed by atoms with Gasteiger partial charge < -0.3 is 5.11 Å². The SMILES string of the molecule is CCn1c(O)c(-c2ccccc2)c(=O)n(CC)c1=S. The highest BCUT2D eigenvalue weighted by molar-refractivity contribution is 7.71. The van der Waals surface area contributed by atoms with Gasteiger partial charge in [0.05, 0.1) is 0 Å². The maximum Gasteiger partial charge on any atom is 0.266 e. The predicted octanol–water partition coefficient (Wildman–Crippen LogP) is 2.79. The monoisotopic (exact) mass is 276 g/mol. The fourth-order valence-corrected chi connectivity index (χ4v) is 2.54. The normalized spacial score (nSPS) is 10.6. The van der Waals surface area contributed by atoms with Crippen molar-refractivity contribution in [2.75, 3.05) is 0 Å². The third kappa shape index (κ3) is 2.21. The van der Waals surface area contributed by atoms with Crippen molar-refractivity contribution in [3.63, 3.8) is 0 Å². The van der Waals surface area contributed by atoms with Gasteiger partial charge in [-0.25, -0.2) is 0 Å². The average molecular weight is 276 g/mol. The highest BCUT2D eigenvalue weighted by Crippen LogP contribution is 2.25. The van der Waals surface area contributed by atoms with E-state index in [0.29, 0.717) is 29.0 Å². The van der Waals surface area contributed by atoms with E-state index in [9.17, 15) is 9.90 Å². The van der Waals surface area contributed by atoms with Crippen LogP contribution in [0.25, 0.3) is 11.1 Å². The summed E-state index contributed by atoms with van der Waals surface area (Å²) in [5.41, 5.74) is 0.753. The lowest BCUT2D eigenvalue weighted by Crippen LogP contribution is -2.26. The Morgan fingerprint density at radius 3 is 2.21 bits per heavy atom. The van der Waals surface area contributed by atoms with E-state index in [0.717, 1.165) is 0 Å². The zero-order valence-electron chi connectivity index (χ0n) is 11.0. The second-order valence-electron chi connectivity index (χ2n) is 4.14. The van der Waals surface area contributed by atoms with Crippen LogP contribution < -0.4 is 5.56 Å². The third-order valence-corrected chi connectivity index (χ3v) is 3.54. The van der Waals surface area contributed by atoms with Gasteiger partial charge in [0.15, 0.2) is 4.77 Å². The van der Waals surface area contributed by atoms with Crippen LogP contribution in [-0.2, 0) is 13.1 Å². The summed E-state index contributed by atoms with van der Waals surface area (Å²) < 4.78 is 3.43. The summed E-state index contributed by atoms with van der Waals surface area (Å²) in [6.45, 7) is 4.75. The summed E-state index contributed by atoms with van der Waals surface area (Å²) >= 11 is 5.24. The van der Waals surface area contributed by atoms with E-state index in [1.165, 1.54) is 4.57 Å². The van der Waals surface area contributed by atoms with Crippen LogP contribution in [0.4, 0.5) is 0 Å². The van der Waals surface area contributed by atoms with Crippen LogP contribution in [0.5, 0.6) is 5.88 Å². The summed E-state index contributed by atoms with van der Waals surface area (Å²) in [6.07, 6.45) is 0. The minimum absolute atomic E-state index is 0.0617. The van der Waals surface area contributed by atoms with E-state index >= 15 is 0 Å². The quantitative estimate of drug-likeness (QED) is 0.877. The molecule has 1 heterocycles. The number of hydrogen-bond acceptors (Lipinski definition) is 3. The van der Waals surface area contributed by atoms with Crippen LogP contribution >= 0.6 is 12.2 Å². The Balaban J connectivity index is 2.89. The molecule has 2 aromatic rings. The summed E-state index contributed by atoms with van der Waals surface area (Å²) in [4.78, 5) is 12.4. The predicted molar refractivity (Wildman–Crippen MR) is 78.0 cm³/mol. The molecule has 0 unspecified atom stereocenters. The molecule has 1 aromatic heterocycles. The molecular formula is C14H16N2O2S. The Morgan fingerprint density at radius 2 is 1.68 bits per heavy atom. The van der Waals surface area contributed by atoms with Crippen molar-refractivity contribution < 1.29 is 5.11 Å². The van der Waals surface area contributed by atoms with Crippen LogP contribution in [0.2, 0.25) is 0 Å². The average Bonchev–Trinajstić information content (AvgIpc) is 2.41. The van der Waals surface area contributed by atoms with E-state index in [1.807, 2.05) is 32.0 Å². The van der Waals surface area contributed by atoms with Crippen molar-refractivity contribution in [1.29, 1.82) is 0 Å². The second-order valence-corrected chi connectivity index (χ2v) is 4.51. The van der Waals surface area contributed by atoms with Gasteiger partial charge in [-0.2, -0.15) is 0 Å².